The Morgan fingerprint density at radius 1 is 0.944 bits per heavy atom. The van der Waals surface area contributed by atoms with Crippen molar-refractivity contribution in [2.75, 3.05) is 0 Å². The Morgan fingerprint density at radius 3 is 2.17 bits per heavy atom. The van der Waals surface area contributed by atoms with E-state index in [4.69, 9.17) is 0 Å². The van der Waals surface area contributed by atoms with Gasteiger partial charge in [-0.25, -0.2) is 0 Å². The topological polar surface area (TPSA) is 0 Å². The second-order valence-electron chi connectivity index (χ2n) is 6.00. The van der Waals surface area contributed by atoms with Crippen molar-refractivity contribution in [3.8, 4) is 0 Å². The number of hydrogen-bond donors (Lipinski definition) is 0. The van der Waals surface area contributed by atoms with Gasteiger partial charge >= 0.3 is 114 Å². The van der Waals surface area contributed by atoms with E-state index in [1.54, 1.807) is 8.70 Å². The van der Waals surface area contributed by atoms with Crippen molar-refractivity contribution in [2.24, 2.45) is 0 Å². The summed E-state index contributed by atoms with van der Waals surface area (Å²) < 4.78 is 3.21. The Hall–Kier alpha value is -1.04. The molecule has 0 aliphatic carbocycles. The van der Waals surface area contributed by atoms with E-state index in [0.29, 0.717) is 19.9 Å². The van der Waals surface area contributed by atoms with Gasteiger partial charge in [-0.05, 0) is 0 Å². The van der Waals surface area contributed by atoms with Crippen LogP contribution in [0.2, 0.25) is 0 Å². The molecule has 0 N–H and O–H groups in total. The van der Waals surface area contributed by atoms with E-state index in [2.05, 4.69) is 64.1 Å². The zero-order valence-corrected chi connectivity index (χ0v) is 13.1. The predicted octanol–water partition coefficient (Wildman–Crippen LogP) is 4.66. The number of hydrogen-bond acceptors (Lipinski definition) is 0. The predicted molar refractivity (Wildman–Crippen MR) is 81.8 cm³/mol. The Morgan fingerprint density at radius 2 is 1.56 bits per heavy atom. The van der Waals surface area contributed by atoms with Crippen molar-refractivity contribution in [2.45, 2.75) is 33.1 Å². The average molecular weight is 301 g/mol. The summed E-state index contributed by atoms with van der Waals surface area (Å²) in [7, 11) is 0. The second-order valence-corrected chi connectivity index (χ2v) is 8.21. The number of benzene rings is 2. The van der Waals surface area contributed by atoms with Crippen LogP contribution in [0.1, 0.15) is 30.8 Å². The molecule has 0 aliphatic rings. The fraction of sp³-hybridized carbons (Fsp3) is 0.294. The number of aryl methyl sites for hydroxylation is 1. The van der Waals surface area contributed by atoms with E-state index in [9.17, 15) is 0 Å². The standard InChI is InChI=1S/C17H18Se/c1-11-14-9-12-7-5-6-8-13(12)10-15(14)18-16(11)17(2,3)4/h5-10H,1-4H3. The van der Waals surface area contributed by atoms with E-state index < -0.39 is 0 Å². The maximum atomic E-state index is 2.40. The van der Waals surface area contributed by atoms with Crippen LogP contribution >= 0.6 is 0 Å². The Balaban J connectivity index is 2.40. The number of fused-ring (bicyclic) bond motifs is 2. The summed E-state index contributed by atoms with van der Waals surface area (Å²) in [6, 6.07) is 13.5. The van der Waals surface area contributed by atoms with Gasteiger partial charge in [0.2, 0.25) is 0 Å². The van der Waals surface area contributed by atoms with Gasteiger partial charge in [-0.1, -0.05) is 0 Å². The summed E-state index contributed by atoms with van der Waals surface area (Å²) in [6.07, 6.45) is 0. The molecule has 0 fully saturated rings. The summed E-state index contributed by atoms with van der Waals surface area (Å²) in [5.74, 6) is 0. The molecule has 92 valence electrons. The first-order valence-corrected chi connectivity index (χ1v) is 8.10. The van der Waals surface area contributed by atoms with Crippen LogP contribution in [0.15, 0.2) is 36.4 Å². The molecular weight excluding hydrogens is 283 g/mol. The molecule has 0 nitrogen and oxygen atoms in total. The fourth-order valence-electron chi connectivity index (χ4n) is 2.62. The molecule has 18 heavy (non-hydrogen) atoms. The van der Waals surface area contributed by atoms with Gasteiger partial charge in [0.15, 0.2) is 0 Å². The molecule has 0 radical (unpaired) electrons. The fourth-order valence-corrected chi connectivity index (χ4v) is 5.34. The Kier molecular flexibility index (Phi) is 2.66. The molecule has 3 aromatic rings. The van der Waals surface area contributed by atoms with E-state index in [-0.39, 0.29) is 0 Å². The summed E-state index contributed by atoms with van der Waals surface area (Å²) in [6.45, 7) is 9.29. The molecule has 0 amide bonds. The molecule has 0 saturated heterocycles. The molecule has 0 bridgehead atoms. The van der Waals surface area contributed by atoms with Crippen LogP contribution < -0.4 is 0 Å². The third kappa shape index (κ3) is 1.83. The van der Waals surface area contributed by atoms with Gasteiger partial charge in [0.25, 0.3) is 0 Å². The Bertz CT molecular complexity index is 726. The van der Waals surface area contributed by atoms with Gasteiger partial charge in [-0.3, -0.25) is 0 Å². The van der Waals surface area contributed by atoms with E-state index in [1.165, 1.54) is 21.7 Å². The summed E-state index contributed by atoms with van der Waals surface area (Å²) in [5.41, 5.74) is 1.82. The zero-order valence-electron chi connectivity index (χ0n) is 11.4. The summed E-state index contributed by atoms with van der Waals surface area (Å²) in [5, 5.41) is 4.22. The molecule has 1 aromatic heterocycles. The van der Waals surface area contributed by atoms with E-state index in [1.807, 2.05) is 0 Å². The normalized spacial score (nSPS) is 12.4. The van der Waals surface area contributed by atoms with Crippen molar-refractivity contribution in [3.63, 3.8) is 0 Å². The molecular formula is C17H18Se. The molecule has 0 aliphatic heterocycles. The second kappa shape index (κ2) is 3.98. The summed E-state index contributed by atoms with van der Waals surface area (Å²) in [4.78, 5) is 0. The van der Waals surface area contributed by atoms with Crippen molar-refractivity contribution in [1.29, 1.82) is 0 Å². The van der Waals surface area contributed by atoms with Crippen LogP contribution in [0.3, 0.4) is 0 Å². The van der Waals surface area contributed by atoms with Crippen LogP contribution in [0.25, 0.3) is 20.4 Å². The maximum absolute atomic E-state index is 2.40. The molecule has 3 rings (SSSR count). The van der Waals surface area contributed by atoms with Gasteiger partial charge < -0.3 is 0 Å². The molecule has 0 unspecified atom stereocenters. The van der Waals surface area contributed by atoms with Crippen LogP contribution in [-0.4, -0.2) is 14.5 Å². The third-order valence-corrected chi connectivity index (χ3v) is 7.01. The van der Waals surface area contributed by atoms with Crippen LogP contribution in [0.5, 0.6) is 0 Å². The van der Waals surface area contributed by atoms with E-state index >= 15 is 0 Å². The zero-order chi connectivity index (χ0) is 12.9. The van der Waals surface area contributed by atoms with Crippen molar-refractivity contribution in [1.82, 2.24) is 0 Å². The molecule has 1 heteroatoms. The molecule has 2 aromatic carbocycles. The minimum atomic E-state index is 0.301. The van der Waals surface area contributed by atoms with Crippen molar-refractivity contribution < 1.29 is 0 Å². The van der Waals surface area contributed by atoms with Gasteiger partial charge in [0.05, 0.1) is 0 Å². The van der Waals surface area contributed by atoms with Crippen molar-refractivity contribution in [3.05, 3.63) is 46.4 Å². The molecule has 1 heterocycles. The third-order valence-electron chi connectivity index (χ3n) is 3.49. The van der Waals surface area contributed by atoms with Gasteiger partial charge in [-0.2, -0.15) is 0 Å². The quantitative estimate of drug-likeness (QED) is 0.530. The van der Waals surface area contributed by atoms with Gasteiger partial charge in [-0.15, -0.1) is 0 Å². The number of rotatable bonds is 0. The van der Waals surface area contributed by atoms with Gasteiger partial charge in [0, 0.05) is 0 Å². The van der Waals surface area contributed by atoms with E-state index in [0.717, 1.165) is 0 Å². The first-order valence-electron chi connectivity index (χ1n) is 6.39. The first-order chi connectivity index (χ1) is 8.47. The summed E-state index contributed by atoms with van der Waals surface area (Å²) >= 11 is 0.502. The SMILES string of the molecule is Cc1c(C(C)(C)C)[se]c2cc3ccccc3cc12. The first kappa shape index (κ1) is 12.0. The minimum absolute atomic E-state index is 0.301. The van der Waals surface area contributed by atoms with Gasteiger partial charge in [0.1, 0.15) is 0 Å². The Labute approximate surface area is 114 Å². The molecule has 0 spiro atoms. The monoisotopic (exact) mass is 302 g/mol. The van der Waals surface area contributed by atoms with Crippen molar-refractivity contribution >= 4 is 34.9 Å². The molecule has 0 atom stereocenters. The average Bonchev–Trinajstić information content (AvgIpc) is 2.64. The van der Waals surface area contributed by atoms with Crippen LogP contribution in [0.4, 0.5) is 0 Å². The van der Waals surface area contributed by atoms with Crippen LogP contribution in [-0.2, 0) is 5.41 Å². The molecule has 0 saturated carbocycles. The van der Waals surface area contributed by atoms with Crippen LogP contribution in [0, 0.1) is 6.92 Å².